The zero-order valence-corrected chi connectivity index (χ0v) is 13.4. The zero-order chi connectivity index (χ0) is 16.9. The zero-order valence-electron chi connectivity index (χ0n) is 12.7. The van der Waals surface area contributed by atoms with Gasteiger partial charge in [0.1, 0.15) is 0 Å². The van der Waals surface area contributed by atoms with E-state index < -0.39 is 0 Å². The first-order valence-corrected chi connectivity index (χ1v) is 7.57. The molecule has 1 aliphatic heterocycles. The van der Waals surface area contributed by atoms with Crippen LogP contribution in [0, 0.1) is 10.8 Å². The van der Waals surface area contributed by atoms with Gasteiger partial charge in [-0.2, -0.15) is 0 Å². The largest absolute Gasteiger partial charge is 0.454 e. The molecule has 24 heavy (non-hydrogen) atoms. The molecule has 0 radical (unpaired) electrons. The lowest BCUT2D eigenvalue weighted by atomic mass is 10.2. The third-order valence-corrected chi connectivity index (χ3v) is 3.52. The van der Waals surface area contributed by atoms with Gasteiger partial charge in [-0.15, -0.1) is 0 Å². The average Bonchev–Trinajstić information content (AvgIpc) is 3.02. The molecular formula is C16H16ClN5O2. The van der Waals surface area contributed by atoms with Gasteiger partial charge in [0, 0.05) is 17.3 Å². The molecule has 0 fully saturated rings. The van der Waals surface area contributed by atoms with Crippen molar-refractivity contribution in [2.75, 3.05) is 12.1 Å². The summed E-state index contributed by atoms with van der Waals surface area (Å²) in [6, 6.07) is 12.5. The third kappa shape index (κ3) is 4.08. The van der Waals surface area contributed by atoms with Crippen molar-refractivity contribution in [3.8, 4) is 11.5 Å². The molecule has 1 aliphatic rings. The Morgan fingerprint density at radius 2 is 1.75 bits per heavy atom. The highest BCUT2D eigenvalue weighted by molar-refractivity contribution is 6.30. The van der Waals surface area contributed by atoms with Crippen LogP contribution in [0.2, 0.25) is 5.02 Å². The first kappa shape index (κ1) is 15.9. The molecule has 0 amide bonds. The molecule has 0 spiro atoms. The molecule has 0 atom stereocenters. The van der Waals surface area contributed by atoms with Gasteiger partial charge in [0.15, 0.2) is 23.4 Å². The van der Waals surface area contributed by atoms with E-state index in [4.69, 9.17) is 31.9 Å². The van der Waals surface area contributed by atoms with Gasteiger partial charge in [-0.3, -0.25) is 16.1 Å². The lowest BCUT2D eigenvalue weighted by Crippen LogP contribution is -2.42. The molecule has 1 heterocycles. The molecule has 0 aliphatic carbocycles. The van der Waals surface area contributed by atoms with Crippen LogP contribution >= 0.6 is 11.6 Å². The maximum Gasteiger partial charge on any atom is 0.231 e. The molecule has 0 aromatic heterocycles. The highest BCUT2D eigenvalue weighted by Gasteiger charge is 2.13. The second-order valence-electron chi connectivity index (χ2n) is 5.05. The summed E-state index contributed by atoms with van der Waals surface area (Å²) in [5.41, 5.74) is 1.66. The van der Waals surface area contributed by atoms with E-state index in [-0.39, 0.29) is 18.7 Å². The van der Waals surface area contributed by atoms with E-state index >= 15 is 0 Å². The van der Waals surface area contributed by atoms with E-state index in [2.05, 4.69) is 16.0 Å². The Morgan fingerprint density at radius 1 is 1.00 bits per heavy atom. The quantitative estimate of drug-likeness (QED) is 0.435. The van der Waals surface area contributed by atoms with Crippen molar-refractivity contribution in [2.24, 2.45) is 0 Å². The normalized spacial score (nSPS) is 11.7. The first-order valence-electron chi connectivity index (χ1n) is 7.19. The van der Waals surface area contributed by atoms with Crippen molar-refractivity contribution in [3.05, 3.63) is 53.1 Å². The van der Waals surface area contributed by atoms with Gasteiger partial charge >= 0.3 is 0 Å². The van der Waals surface area contributed by atoms with E-state index in [0.717, 1.165) is 11.3 Å². The highest BCUT2D eigenvalue weighted by Crippen LogP contribution is 2.32. The Hall–Kier alpha value is -2.93. The lowest BCUT2D eigenvalue weighted by molar-refractivity contribution is 0.174. The molecule has 3 rings (SSSR count). The van der Waals surface area contributed by atoms with Crippen LogP contribution in [0.3, 0.4) is 0 Å². The minimum Gasteiger partial charge on any atom is -0.454 e. The van der Waals surface area contributed by atoms with Crippen LogP contribution in [0.4, 0.5) is 5.69 Å². The van der Waals surface area contributed by atoms with Gasteiger partial charge in [-0.05, 0) is 42.0 Å². The summed E-state index contributed by atoms with van der Waals surface area (Å²) < 4.78 is 10.6. The summed E-state index contributed by atoms with van der Waals surface area (Å²) in [5, 5.41) is 24.6. The van der Waals surface area contributed by atoms with Crippen LogP contribution in [0.1, 0.15) is 5.56 Å². The van der Waals surface area contributed by atoms with Gasteiger partial charge in [0.05, 0.1) is 0 Å². The van der Waals surface area contributed by atoms with E-state index in [1.54, 1.807) is 24.3 Å². The van der Waals surface area contributed by atoms with Gasteiger partial charge in [0.2, 0.25) is 6.79 Å². The summed E-state index contributed by atoms with van der Waals surface area (Å²) >= 11 is 5.81. The molecule has 0 bridgehead atoms. The van der Waals surface area contributed by atoms with Crippen LogP contribution < -0.4 is 25.4 Å². The molecule has 2 aromatic carbocycles. The minimum atomic E-state index is -0.0134. The topological polar surface area (TPSA) is 102 Å². The number of anilines is 1. The first-order chi connectivity index (χ1) is 11.6. The predicted molar refractivity (Wildman–Crippen MR) is 93.1 cm³/mol. The van der Waals surface area contributed by atoms with E-state index in [1.807, 2.05) is 18.2 Å². The van der Waals surface area contributed by atoms with Crippen LogP contribution in [0.15, 0.2) is 42.5 Å². The standard InChI is InChI=1S/C16H16ClN5O2/c17-11-2-4-12(5-3-11)21-16(19)22-15(18)20-8-10-1-6-13-14(7-10)24-9-23-13/h1-7H,8-9H2,(H5,18,19,20,21,22). The molecule has 8 heteroatoms. The number of hydrogen-bond donors (Lipinski definition) is 5. The van der Waals surface area contributed by atoms with Crippen LogP contribution in [-0.4, -0.2) is 18.7 Å². The molecule has 124 valence electrons. The molecule has 2 aromatic rings. The Kier molecular flexibility index (Phi) is 4.72. The van der Waals surface area contributed by atoms with E-state index in [0.29, 0.717) is 23.0 Å². The number of hydrogen-bond acceptors (Lipinski definition) is 4. The maximum absolute atomic E-state index is 7.84. The molecule has 5 N–H and O–H groups in total. The Morgan fingerprint density at radius 3 is 2.54 bits per heavy atom. The average molecular weight is 346 g/mol. The van der Waals surface area contributed by atoms with Gasteiger partial charge < -0.3 is 20.1 Å². The smallest absolute Gasteiger partial charge is 0.231 e. The second-order valence-corrected chi connectivity index (χ2v) is 5.48. The number of halogens is 1. The molecule has 0 saturated carbocycles. The van der Waals surface area contributed by atoms with E-state index in [9.17, 15) is 0 Å². The van der Waals surface area contributed by atoms with Crippen LogP contribution in [0.5, 0.6) is 11.5 Å². The number of guanidine groups is 2. The molecule has 7 nitrogen and oxygen atoms in total. The van der Waals surface area contributed by atoms with Crippen molar-refractivity contribution in [1.82, 2.24) is 10.6 Å². The van der Waals surface area contributed by atoms with Crippen molar-refractivity contribution in [1.29, 1.82) is 10.8 Å². The minimum absolute atomic E-state index is 0.0131. The molecule has 0 saturated heterocycles. The number of benzene rings is 2. The van der Waals surface area contributed by atoms with Gasteiger partial charge in [-0.1, -0.05) is 17.7 Å². The summed E-state index contributed by atoms with van der Waals surface area (Å²) in [4.78, 5) is 0. The van der Waals surface area contributed by atoms with Gasteiger partial charge in [-0.25, -0.2) is 0 Å². The van der Waals surface area contributed by atoms with Crippen molar-refractivity contribution in [3.63, 3.8) is 0 Å². The van der Waals surface area contributed by atoms with Crippen molar-refractivity contribution in [2.45, 2.75) is 6.54 Å². The van der Waals surface area contributed by atoms with Gasteiger partial charge in [0.25, 0.3) is 0 Å². The predicted octanol–water partition coefficient (Wildman–Crippen LogP) is 2.73. The number of nitrogens with one attached hydrogen (secondary N) is 5. The fraction of sp³-hybridized carbons (Fsp3) is 0.125. The van der Waals surface area contributed by atoms with Crippen LogP contribution in [-0.2, 0) is 6.54 Å². The second kappa shape index (κ2) is 7.10. The third-order valence-electron chi connectivity index (χ3n) is 3.27. The number of fused-ring (bicyclic) bond motifs is 1. The van der Waals surface area contributed by atoms with Crippen molar-refractivity contribution < 1.29 is 9.47 Å². The Labute approximate surface area is 143 Å². The SMILES string of the molecule is N=C(NCc1ccc2c(c1)OCO2)NC(=N)Nc1ccc(Cl)cc1. The Bertz CT molecular complexity index is 764. The maximum atomic E-state index is 7.84. The monoisotopic (exact) mass is 345 g/mol. The Balaban J connectivity index is 1.46. The molecular weight excluding hydrogens is 330 g/mol. The summed E-state index contributed by atoms with van der Waals surface area (Å²) in [6.45, 7) is 0.661. The lowest BCUT2D eigenvalue weighted by Gasteiger charge is -2.13. The summed E-state index contributed by atoms with van der Waals surface area (Å²) in [7, 11) is 0. The summed E-state index contributed by atoms with van der Waals surface area (Å²) in [5.74, 6) is 1.42. The number of ether oxygens (including phenoxy) is 2. The fourth-order valence-corrected chi connectivity index (χ4v) is 2.25. The fourth-order valence-electron chi connectivity index (χ4n) is 2.12. The van der Waals surface area contributed by atoms with E-state index in [1.165, 1.54) is 0 Å². The van der Waals surface area contributed by atoms with Crippen LogP contribution in [0.25, 0.3) is 0 Å². The number of rotatable bonds is 3. The molecule has 0 unspecified atom stereocenters. The summed E-state index contributed by atoms with van der Waals surface area (Å²) in [6.07, 6.45) is 0. The highest BCUT2D eigenvalue weighted by atomic mass is 35.5. The van der Waals surface area contributed by atoms with Crippen molar-refractivity contribution >= 4 is 29.2 Å².